The van der Waals surface area contributed by atoms with Gasteiger partial charge in [0.2, 0.25) is 0 Å². The van der Waals surface area contributed by atoms with Crippen LogP contribution in [-0.4, -0.2) is 18.0 Å². The molecule has 0 saturated heterocycles. The molecule has 16 heavy (non-hydrogen) atoms. The van der Waals surface area contributed by atoms with Gasteiger partial charge in [-0.15, -0.1) is 0 Å². The Morgan fingerprint density at radius 3 is 2.50 bits per heavy atom. The van der Waals surface area contributed by atoms with Gasteiger partial charge in [0.15, 0.2) is 5.78 Å². The Hall–Kier alpha value is -0.570. The molecule has 0 atom stereocenters. The minimum atomic E-state index is -0.347. The van der Waals surface area contributed by atoms with Crippen molar-refractivity contribution in [1.82, 2.24) is 0 Å². The Kier molecular flexibility index (Phi) is 4.36. The van der Waals surface area contributed by atoms with Gasteiger partial charge in [0, 0.05) is 10.6 Å². The third-order valence-corrected chi connectivity index (χ3v) is 2.43. The SMILES string of the molecule is CC(C)(C)OCC(=O)c1cc(Cl)ccc1Cl. The lowest BCUT2D eigenvalue weighted by atomic mass is 10.1. The molecule has 1 rings (SSSR count). The summed E-state index contributed by atoms with van der Waals surface area (Å²) >= 11 is 11.7. The summed E-state index contributed by atoms with van der Waals surface area (Å²) in [5.41, 5.74) is 0.0548. The number of rotatable bonds is 3. The van der Waals surface area contributed by atoms with Gasteiger partial charge in [-0.25, -0.2) is 0 Å². The van der Waals surface area contributed by atoms with Crippen molar-refractivity contribution in [3.8, 4) is 0 Å². The molecule has 0 amide bonds. The van der Waals surface area contributed by atoms with Crippen molar-refractivity contribution in [2.75, 3.05) is 6.61 Å². The molecule has 88 valence electrons. The van der Waals surface area contributed by atoms with E-state index in [2.05, 4.69) is 0 Å². The molecule has 0 aliphatic carbocycles. The zero-order valence-electron chi connectivity index (χ0n) is 9.51. The van der Waals surface area contributed by atoms with Crippen molar-refractivity contribution in [3.05, 3.63) is 33.8 Å². The number of hydrogen-bond acceptors (Lipinski definition) is 2. The van der Waals surface area contributed by atoms with E-state index >= 15 is 0 Å². The number of carbonyl (C=O) groups excluding carboxylic acids is 1. The first-order valence-corrected chi connectivity index (χ1v) is 5.67. The van der Waals surface area contributed by atoms with Crippen molar-refractivity contribution in [2.24, 2.45) is 0 Å². The molecule has 0 heterocycles. The fraction of sp³-hybridized carbons (Fsp3) is 0.417. The number of ketones is 1. The van der Waals surface area contributed by atoms with Gasteiger partial charge >= 0.3 is 0 Å². The van der Waals surface area contributed by atoms with Gasteiger partial charge < -0.3 is 4.74 Å². The van der Waals surface area contributed by atoms with Crippen LogP contribution in [0.1, 0.15) is 31.1 Å². The smallest absolute Gasteiger partial charge is 0.190 e. The van der Waals surface area contributed by atoms with Crippen LogP contribution in [0.25, 0.3) is 0 Å². The van der Waals surface area contributed by atoms with Crippen molar-refractivity contribution >= 4 is 29.0 Å². The maximum Gasteiger partial charge on any atom is 0.190 e. The average Bonchev–Trinajstić information content (AvgIpc) is 2.17. The van der Waals surface area contributed by atoms with Gasteiger partial charge in [-0.3, -0.25) is 4.79 Å². The Bertz CT molecular complexity index is 394. The standard InChI is InChI=1S/C12H14Cl2O2/c1-12(2,3)16-7-11(15)9-6-8(13)4-5-10(9)14/h4-6H,7H2,1-3H3. The highest BCUT2D eigenvalue weighted by Crippen LogP contribution is 2.21. The first kappa shape index (κ1) is 13.5. The fourth-order valence-corrected chi connectivity index (χ4v) is 1.47. The highest BCUT2D eigenvalue weighted by Gasteiger charge is 2.16. The number of halogens is 2. The van der Waals surface area contributed by atoms with Crippen LogP contribution in [0.3, 0.4) is 0 Å². The molecule has 0 radical (unpaired) electrons. The number of benzene rings is 1. The summed E-state index contributed by atoms with van der Waals surface area (Å²) in [4.78, 5) is 11.8. The molecule has 1 aromatic carbocycles. The second kappa shape index (κ2) is 5.17. The van der Waals surface area contributed by atoms with E-state index < -0.39 is 0 Å². The van der Waals surface area contributed by atoms with Crippen molar-refractivity contribution < 1.29 is 9.53 Å². The van der Waals surface area contributed by atoms with Crippen LogP contribution >= 0.6 is 23.2 Å². The Morgan fingerprint density at radius 1 is 1.31 bits per heavy atom. The van der Waals surface area contributed by atoms with Crippen LogP contribution in [0, 0.1) is 0 Å². The molecule has 2 nitrogen and oxygen atoms in total. The lowest BCUT2D eigenvalue weighted by Crippen LogP contribution is -2.23. The third kappa shape index (κ3) is 4.12. The fourth-order valence-electron chi connectivity index (χ4n) is 1.07. The first-order valence-electron chi connectivity index (χ1n) is 4.92. The second-order valence-electron chi connectivity index (χ2n) is 4.45. The molecular weight excluding hydrogens is 247 g/mol. The minimum absolute atomic E-state index is 0.00353. The number of ether oxygens (including phenoxy) is 1. The topological polar surface area (TPSA) is 26.3 Å². The van der Waals surface area contributed by atoms with E-state index in [1.807, 2.05) is 20.8 Å². The first-order chi connectivity index (χ1) is 7.29. The maximum atomic E-state index is 11.8. The highest BCUT2D eigenvalue weighted by atomic mass is 35.5. The summed E-state index contributed by atoms with van der Waals surface area (Å²) in [7, 11) is 0. The van der Waals surface area contributed by atoms with Gasteiger partial charge in [0.1, 0.15) is 6.61 Å². The van der Waals surface area contributed by atoms with Gasteiger partial charge in [-0.2, -0.15) is 0 Å². The van der Waals surface area contributed by atoms with Crippen molar-refractivity contribution in [3.63, 3.8) is 0 Å². The minimum Gasteiger partial charge on any atom is -0.368 e. The van der Waals surface area contributed by atoms with Crippen LogP contribution in [0.4, 0.5) is 0 Å². The molecule has 0 aliphatic rings. The van der Waals surface area contributed by atoms with Gasteiger partial charge in [-0.05, 0) is 39.0 Å². The van der Waals surface area contributed by atoms with Gasteiger partial charge in [0.05, 0.1) is 10.6 Å². The van der Waals surface area contributed by atoms with E-state index in [-0.39, 0.29) is 18.0 Å². The quantitative estimate of drug-likeness (QED) is 0.769. The Balaban J connectivity index is 2.77. The second-order valence-corrected chi connectivity index (χ2v) is 5.29. The zero-order valence-corrected chi connectivity index (χ0v) is 11.0. The number of carbonyl (C=O) groups is 1. The summed E-state index contributed by atoms with van der Waals surface area (Å²) in [6, 6.07) is 4.80. The molecule has 1 aromatic rings. The predicted octanol–water partition coefficient (Wildman–Crippen LogP) is 3.99. The summed E-state index contributed by atoms with van der Waals surface area (Å²) in [5, 5.41) is 0.885. The Morgan fingerprint density at radius 2 is 1.94 bits per heavy atom. The van der Waals surface area contributed by atoms with Gasteiger partial charge in [-0.1, -0.05) is 23.2 Å². The van der Waals surface area contributed by atoms with Crippen LogP contribution in [0.2, 0.25) is 10.0 Å². The number of Topliss-reactive ketones (excluding diaryl/α,β-unsaturated/α-hetero) is 1. The lowest BCUT2D eigenvalue weighted by molar-refractivity contribution is 0.00307. The molecule has 0 N–H and O–H groups in total. The molecular formula is C12H14Cl2O2. The van der Waals surface area contributed by atoms with Crippen LogP contribution < -0.4 is 0 Å². The molecule has 0 aliphatic heterocycles. The summed E-state index contributed by atoms with van der Waals surface area (Å²) in [6.45, 7) is 5.67. The summed E-state index contributed by atoms with van der Waals surface area (Å²) in [6.07, 6.45) is 0. The van der Waals surface area contributed by atoms with E-state index in [9.17, 15) is 4.79 Å². The lowest BCUT2D eigenvalue weighted by Gasteiger charge is -2.19. The van der Waals surface area contributed by atoms with Crippen LogP contribution in [0.5, 0.6) is 0 Å². The molecule has 0 spiro atoms. The van der Waals surface area contributed by atoms with Gasteiger partial charge in [0.25, 0.3) is 0 Å². The van der Waals surface area contributed by atoms with E-state index in [4.69, 9.17) is 27.9 Å². The maximum absolute atomic E-state index is 11.8. The molecule has 0 saturated carbocycles. The normalized spacial score (nSPS) is 11.6. The van der Waals surface area contributed by atoms with Crippen molar-refractivity contribution in [1.29, 1.82) is 0 Å². The number of hydrogen-bond donors (Lipinski definition) is 0. The molecule has 0 aromatic heterocycles. The van der Waals surface area contributed by atoms with Crippen LogP contribution in [-0.2, 0) is 4.74 Å². The summed E-state index contributed by atoms with van der Waals surface area (Å²) < 4.78 is 5.39. The van der Waals surface area contributed by atoms with E-state index in [1.165, 1.54) is 0 Å². The monoisotopic (exact) mass is 260 g/mol. The van der Waals surface area contributed by atoms with E-state index in [1.54, 1.807) is 18.2 Å². The van der Waals surface area contributed by atoms with E-state index in [0.29, 0.717) is 15.6 Å². The molecule has 0 unspecified atom stereocenters. The molecule has 0 bridgehead atoms. The van der Waals surface area contributed by atoms with Crippen molar-refractivity contribution in [2.45, 2.75) is 26.4 Å². The zero-order chi connectivity index (χ0) is 12.3. The third-order valence-electron chi connectivity index (χ3n) is 1.87. The van der Waals surface area contributed by atoms with Crippen LogP contribution in [0.15, 0.2) is 18.2 Å². The average molecular weight is 261 g/mol. The molecule has 0 fully saturated rings. The van der Waals surface area contributed by atoms with E-state index in [0.717, 1.165) is 0 Å². The highest BCUT2D eigenvalue weighted by molar-refractivity contribution is 6.35. The summed E-state index contributed by atoms with van der Waals surface area (Å²) in [5.74, 6) is -0.164. The predicted molar refractivity (Wildman–Crippen MR) is 66.5 cm³/mol. The molecule has 4 heteroatoms. The largest absolute Gasteiger partial charge is 0.368 e. The Labute approximate surface area is 106 Å².